The molecule has 1 N–H and O–H groups in total. The second kappa shape index (κ2) is 12.3. The van der Waals surface area contributed by atoms with Crippen molar-refractivity contribution < 1.29 is 22.7 Å². The second-order valence-electron chi connectivity index (χ2n) is 8.37. The molecule has 0 saturated carbocycles. The molecule has 3 rings (SSSR count). The summed E-state index contributed by atoms with van der Waals surface area (Å²) in [5.74, 6) is -0.243. The highest BCUT2D eigenvalue weighted by atomic mass is 32.2. The molecule has 2 amide bonds. The predicted molar refractivity (Wildman–Crippen MR) is 138 cm³/mol. The molecule has 3 aromatic carbocycles. The summed E-state index contributed by atoms with van der Waals surface area (Å²) in [4.78, 5) is 28.6. The lowest BCUT2D eigenvalue weighted by molar-refractivity contribution is -0.141. The first kappa shape index (κ1) is 26.9. The molecular weight excluding hydrogens is 478 g/mol. The quantitative estimate of drug-likeness (QED) is 0.429. The molecule has 0 bridgehead atoms. The number of benzene rings is 3. The number of hydrogen-bond acceptors (Lipinski definition) is 5. The molecule has 0 aliphatic carbocycles. The van der Waals surface area contributed by atoms with E-state index in [0.717, 1.165) is 21.7 Å². The van der Waals surface area contributed by atoms with E-state index in [-0.39, 0.29) is 13.1 Å². The zero-order chi connectivity index (χ0) is 26.1. The number of amides is 2. The molecule has 190 valence electrons. The molecule has 0 aliphatic heterocycles. The number of ether oxygens (including phenoxy) is 1. The van der Waals surface area contributed by atoms with Crippen LogP contribution in [0.5, 0.6) is 5.75 Å². The van der Waals surface area contributed by atoms with Gasteiger partial charge in [0.05, 0.1) is 19.9 Å². The van der Waals surface area contributed by atoms with Crippen molar-refractivity contribution in [2.75, 3.05) is 27.0 Å². The Morgan fingerprint density at radius 2 is 1.50 bits per heavy atom. The van der Waals surface area contributed by atoms with Crippen LogP contribution in [0.4, 0.5) is 0 Å². The summed E-state index contributed by atoms with van der Waals surface area (Å²) in [5.41, 5.74) is 2.21. The Hall–Kier alpha value is -3.69. The molecule has 9 heteroatoms. The molecule has 1 atom stereocenters. The molecular formula is C27H31N3O5S. The zero-order valence-electron chi connectivity index (χ0n) is 20.6. The van der Waals surface area contributed by atoms with Gasteiger partial charge >= 0.3 is 0 Å². The Labute approximate surface area is 212 Å². The number of sulfonamides is 1. The highest BCUT2D eigenvalue weighted by Gasteiger charge is 2.33. The number of likely N-dealkylation sites (N-methyl/N-ethyl adjacent to an activating group) is 1. The van der Waals surface area contributed by atoms with Crippen molar-refractivity contribution in [3.8, 4) is 5.75 Å². The van der Waals surface area contributed by atoms with Crippen LogP contribution >= 0.6 is 0 Å². The van der Waals surface area contributed by atoms with Crippen molar-refractivity contribution in [1.82, 2.24) is 14.5 Å². The van der Waals surface area contributed by atoms with Crippen LogP contribution in [0.25, 0.3) is 0 Å². The van der Waals surface area contributed by atoms with Crippen molar-refractivity contribution in [1.29, 1.82) is 0 Å². The lowest BCUT2D eigenvalue weighted by Gasteiger charge is -2.32. The molecule has 0 radical (unpaired) electrons. The topological polar surface area (TPSA) is 96.0 Å². The fourth-order valence-electron chi connectivity index (χ4n) is 3.74. The van der Waals surface area contributed by atoms with Gasteiger partial charge in [-0.25, -0.2) is 8.42 Å². The number of carbonyl (C=O) groups excluding carboxylic acids is 2. The van der Waals surface area contributed by atoms with Crippen LogP contribution in [0, 0.1) is 0 Å². The van der Waals surface area contributed by atoms with Gasteiger partial charge in [-0.3, -0.25) is 9.59 Å². The number of carbonyl (C=O) groups is 2. The van der Waals surface area contributed by atoms with E-state index < -0.39 is 34.4 Å². The summed E-state index contributed by atoms with van der Waals surface area (Å²) in [5, 5.41) is 2.93. The lowest BCUT2D eigenvalue weighted by Crippen LogP contribution is -2.47. The van der Waals surface area contributed by atoms with E-state index in [2.05, 4.69) is 5.32 Å². The third kappa shape index (κ3) is 7.16. The summed E-state index contributed by atoms with van der Waals surface area (Å²) >= 11 is 0. The first-order valence-corrected chi connectivity index (χ1v) is 13.2. The molecule has 0 aromatic heterocycles. The number of hydrogen-bond donors (Lipinski definition) is 1. The van der Waals surface area contributed by atoms with Crippen molar-refractivity contribution in [3.05, 3.63) is 102 Å². The van der Waals surface area contributed by atoms with Crippen LogP contribution in [-0.2, 0) is 32.7 Å². The van der Waals surface area contributed by atoms with Crippen molar-refractivity contribution in [3.63, 3.8) is 0 Å². The minimum absolute atomic E-state index is 0.124. The SMILES string of the molecule is COc1ccccc1CNC(=O)[C@@H](c1ccccc1)N(Cc1ccccc1)C(=O)CN(C)S(C)(=O)=O. The molecule has 0 saturated heterocycles. The minimum Gasteiger partial charge on any atom is -0.496 e. The second-order valence-corrected chi connectivity index (χ2v) is 10.5. The fourth-order valence-corrected chi connectivity index (χ4v) is 4.08. The molecule has 0 unspecified atom stereocenters. The smallest absolute Gasteiger partial charge is 0.247 e. The third-order valence-electron chi connectivity index (χ3n) is 5.76. The highest BCUT2D eigenvalue weighted by Crippen LogP contribution is 2.25. The average Bonchev–Trinajstić information content (AvgIpc) is 2.87. The van der Waals surface area contributed by atoms with Gasteiger partial charge in [-0.15, -0.1) is 0 Å². The standard InChI is InChI=1S/C27H31N3O5S/c1-29(36(3,33)34)20-25(31)30(19-21-12-6-4-7-13-21)26(22-14-8-5-9-15-22)27(32)28-18-23-16-10-11-17-24(23)35-2/h4-17,26H,18-20H2,1-3H3,(H,28,32)/t26-/m1/s1. The number of nitrogens with one attached hydrogen (secondary N) is 1. The van der Waals surface area contributed by atoms with Crippen LogP contribution in [0.3, 0.4) is 0 Å². The number of para-hydroxylation sites is 1. The molecule has 0 heterocycles. The van der Waals surface area contributed by atoms with Gasteiger partial charge in [0.1, 0.15) is 11.8 Å². The largest absolute Gasteiger partial charge is 0.496 e. The van der Waals surface area contributed by atoms with Gasteiger partial charge in [0, 0.05) is 25.7 Å². The van der Waals surface area contributed by atoms with Gasteiger partial charge in [0.2, 0.25) is 21.8 Å². The maximum Gasteiger partial charge on any atom is 0.247 e. The monoisotopic (exact) mass is 509 g/mol. The summed E-state index contributed by atoms with van der Waals surface area (Å²) < 4.78 is 30.4. The van der Waals surface area contributed by atoms with Crippen LogP contribution in [0.2, 0.25) is 0 Å². The number of rotatable bonds is 11. The van der Waals surface area contributed by atoms with Crippen LogP contribution < -0.4 is 10.1 Å². The Balaban J connectivity index is 1.97. The highest BCUT2D eigenvalue weighted by molar-refractivity contribution is 7.88. The van der Waals surface area contributed by atoms with Crippen LogP contribution in [0.15, 0.2) is 84.9 Å². The number of nitrogens with zero attached hydrogens (tertiary/aromatic N) is 2. The Kier molecular flexibility index (Phi) is 9.21. The van der Waals surface area contributed by atoms with Gasteiger partial charge in [-0.05, 0) is 17.2 Å². The van der Waals surface area contributed by atoms with Crippen molar-refractivity contribution in [2.24, 2.45) is 0 Å². The first-order chi connectivity index (χ1) is 17.2. The zero-order valence-corrected chi connectivity index (χ0v) is 21.4. The van der Waals surface area contributed by atoms with Gasteiger partial charge in [0.15, 0.2) is 0 Å². The van der Waals surface area contributed by atoms with Gasteiger partial charge in [-0.2, -0.15) is 4.31 Å². The lowest BCUT2D eigenvalue weighted by atomic mass is 10.0. The van der Waals surface area contributed by atoms with E-state index in [1.165, 1.54) is 11.9 Å². The van der Waals surface area contributed by atoms with Gasteiger partial charge < -0.3 is 15.0 Å². The van der Waals surface area contributed by atoms with Crippen LogP contribution in [-0.4, -0.2) is 56.4 Å². The Bertz CT molecular complexity index is 1270. The van der Waals surface area contributed by atoms with Crippen molar-refractivity contribution >= 4 is 21.8 Å². The van der Waals surface area contributed by atoms with E-state index in [9.17, 15) is 18.0 Å². The predicted octanol–water partition coefficient (Wildman–Crippen LogP) is 2.97. The third-order valence-corrected chi connectivity index (χ3v) is 7.02. The van der Waals surface area contributed by atoms with Gasteiger partial charge in [-0.1, -0.05) is 78.9 Å². The summed E-state index contributed by atoms with van der Waals surface area (Å²) in [6.45, 7) is -0.0729. The van der Waals surface area contributed by atoms with E-state index in [0.29, 0.717) is 11.3 Å². The van der Waals surface area contributed by atoms with Gasteiger partial charge in [0.25, 0.3) is 0 Å². The summed E-state index contributed by atoms with van der Waals surface area (Å²) in [6.07, 6.45) is 1.04. The number of methoxy groups -OCH3 is 1. The molecule has 3 aromatic rings. The minimum atomic E-state index is -3.60. The van der Waals surface area contributed by atoms with E-state index >= 15 is 0 Å². The molecule has 8 nitrogen and oxygen atoms in total. The maximum atomic E-state index is 13.7. The van der Waals surface area contributed by atoms with E-state index in [1.54, 1.807) is 31.4 Å². The normalized spacial score (nSPS) is 12.1. The summed E-state index contributed by atoms with van der Waals surface area (Å²) in [6, 6.07) is 24.6. The molecule has 0 aliphatic rings. The first-order valence-electron chi connectivity index (χ1n) is 11.4. The maximum absolute atomic E-state index is 13.7. The van der Waals surface area contributed by atoms with Crippen LogP contribution in [0.1, 0.15) is 22.7 Å². The summed E-state index contributed by atoms with van der Waals surface area (Å²) in [7, 11) is -0.695. The molecule has 0 spiro atoms. The Morgan fingerprint density at radius 3 is 2.11 bits per heavy atom. The fraction of sp³-hybridized carbons (Fsp3) is 0.259. The molecule has 0 fully saturated rings. The Morgan fingerprint density at radius 1 is 0.917 bits per heavy atom. The molecule has 36 heavy (non-hydrogen) atoms. The average molecular weight is 510 g/mol. The van der Waals surface area contributed by atoms with E-state index in [4.69, 9.17) is 4.74 Å². The van der Waals surface area contributed by atoms with Crippen molar-refractivity contribution in [2.45, 2.75) is 19.1 Å². The van der Waals surface area contributed by atoms with E-state index in [1.807, 2.05) is 60.7 Å².